The molecule has 0 heterocycles. The summed E-state index contributed by atoms with van der Waals surface area (Å²) in [7, 11) is 2.89. The number of amides is 2. The van der Waals surface area contributed by atoms with Gasteiger partial charge in [0.15, 0.2) is 0 Å². The first kappa shape index (κ1) is 53.0. The van der Waals surface area contributed by atoms with Crippen LogP contribution in [0.4, 0.5) is 0 Å². The Morgan fingerprint density at radius 3 is 1.40 bits per heavy atom. The molecule has 4 N–H and O–H groups in total. The molecular weight excluding hydrogens is 694 g/mol. The number of carbonyl (C=O) groups excluding carboxylic acids is 2. The Hall–Kier alpha value is -1.15. The average molecular weight is 767 g/mol. The number of nitrogens with zero attached hydrogens (tertiary/aromatic N) is 2. The van der Waals surface area contributed by atoms with Crippen LogP contribution in [0.1, 0.15) is 90.9 Å². The van der Waals surface area contributed by atoms with Gasteiger partial charge in [-0.3, -0.25) is 14.2 Å². The Labute approximate surface area is 337 Å². The molecule has 0 rings (SSSR count). The molecule has 0 aliphatic rings. The molecule has 0 aromatic rings. The van der Waals surface area contributed by atoms with E-state index in [-0.39, 0.29) is 54.5 Å². The number of quaternary nitrogens is 2. The van der Waals surface area contributed by atoms with Crippen LogP contribution < -0.4 is 45.1 Å². The number of likely N-dealkylation sites (N-methyl/N-ethyl adjacent to an activating group) is 2. The summed E-state index contributed by atoms with van der Waals surface area (Å²) in [5, 5.41) is 26.7. The van der Waals surface area contributed by atoms with Gasteiger partial charge in [-0.25, -0.2) is 0 Å². The number of rotatable bonds is 32. The SMILES string of the molecule is CCCCC=CCC=CCC(=O)NCCC[N+](C)(C)CC(O)COP(=O)([O-])OCC(O)C[N+](C)(C)CCCNC(=O)CC=CCC=CCCCC.[Na+]. The molecule has 0 aromatic carbocycles. The molecule has 0 aromatic heterocycles. The van der Waals surface area contributed by atoms with Gasteiger partial charge in [-0.2, -0.15) is 0 Å². The van der Waals surface area contributed by atoms with Gasteiger partial charge in [-0.15, -0.1) is 0 Å². The first-order valence-corrected chi connectivity index (χ1v) is 20.3. The molecule has 14 heteroatoms. The quantitative estimate of drug-likeness (QED) is 0.0264. The Morgan fingerprint density at radius 2 is 1.04 bits per heavy atom. The van der Waals surface area contributed by atoms with Crippen LogP contribution in [0, 0.1) is 0 Å². The van der Waals surface area contributed by atoms with Crippen molar-refractivity contribution in [3.05, 3.63) is 48.6 Å². The third-order valence-corrected chi connectivity index (χ3v) is 8.98. The normalized spacial score (nSPS) is 14.9. The van der Waals surface area contributed by atoms with Gasteiger partial charge in [-0.05, 0) is 25.7 Å². The van der Waals surface area contributed by atoms with Crippen molar-refractivity contribution in [3.8, 4) is 0 Å². The summed E-state index contributed by atoms with van der Waals surface area (Å²) in [6.45, 7) is 6.21. The zero-order chi connectivity index (χ0) is 38.4. The van der Waals surface area contributed by atoms with Gasteiger partial charge in [0.1, 0.15) is 25.3 Å². The van der Waals surface area contributed by atoms with Crippen LogP contribution in [-0.2, 0) is 23.2 Å². The Bertz CT molecular complexity index is 1020. The monoisotopic (exact) mass is 766 g/mol. The summed E-state index contributed by atoms with van der Waals surface area (Å²) in [5.41, 5.74) is 0. The van der Waals surface area contributed by atoms with Gasteiger partial charge in [0.25, 0.3) is 7.82 Å². The fourth-order valence-electron chi connectivity index (χ4n) is 5.24. The van der Waals surface area contributed by atoms with Crippen molar-refractivity contribution in [2.75, 3.05) is 80.7 Å². The number of unbranched alkanes of at least 4 members (excludes halogenated alkanes) is 4. The number of aliphatic hydroxyl groups excluding tert-OH is 2. The van der Waals surface area contributed by atoms with Crippen LogP contribution in [0.5, 0.6) is 0 Å². The molecule has 0 spiro atoms. The van der Waals surface area contributed by atoms with Crippen molar-refractivity contribution in [2.24, 2.45) is 0 Å². The summed E-state index contributed by atoms with van der Waals surface area (Å²) >= 11 is 0. The molecule has 12 nitrogen and oxygen atoms in total. The summed E-state index contributed by atoms with van der Waals surface area (Å²) in [4.78, 5) is 36.4. The molecule has 0 radical (unpaired) electrons. The van der Waals surface area contributed by atoms with E-state index in [1.54, 1.807) is 0 Å². The number of hydrogen-bond donors (Lipinski definition) is 4. The molecule has 2 amide bonds. The molecule has 0 aliphatic carbocycles. The number of nitrogens with one attached hydrogen (secondary N) is 2. The Balaban J connectivity index is 0. The van der Waals surface area contributed by atoms with Gasteiger partial charge in [0.2, 0.25) is 11.8 Å². The van der Waals surface area contributed by atoms with Crippen molar-refractivity contribution < 1.29 is 76.8 Å². The maximum Gasteiger partial charge on any atom is 1.00 e. The smallest absolute Gasteiger partial charge is 0.756 e. The number of carbonyl (C=O) groups is 2. The molecule has 52 heavy (non-hydrogen) atoms. The standard InChI is InChI=1S/C38H71N4O8P.Na/c1-7-9-11-13-15-17-19-21-25-37(45)39-27-23-29-41(3,4)31-35(43)33-49-51(47,48)50-34-36(44)32-42(5,6)30-24-28-40-38(46)26-22-20-18-16-14-12-10-8-2;/h13-16,19-22,35-36,43-44H,7-12,17-18,23-34H2,1-6H3,(H-2,39,40,45,46,47,48);/q;+1/p+1. The maximum atomic E-state index is 12.3. The van der Waals surface area contributed by atoms with E-state index in [1.165, 1.54) is 25.7 Å². The zero-order valence-corrected chi connectivity index (χ0v) is 36.5. The van der Waals surface area contributed by atoms with Crippen molar-refractivity contribution in [2.45, 2.75) is 103 Å². The van der Waals surface area contributed by atoms with Crippen molar-refractivity contribution in [1.29, 1.82) is 0 Å². The minimum Gasteiger partial charge on any atom is -0.756 e. The van der Waals surface area contributed by atoms with Crippen molar-refractivity contribution in [3.63, 3.8) is 0 Å². The maximum absolute atomic E-state index is 12.3. The third-order valence-electron chi connectivity index (χ3n) is 8.05. The molecule has 2 atom stereocenters. The molecule has 0 saturated carbocycles. The number of aliphatic hydroxyl groups is 2. The Kier molecular flexibility index (Phi) is 32.7. The first-order valence-electron chi connectivity index (χ1n) is 18.8. The van der Waals surface area contributed by atoms with Gasteiger partial charge in [0, 0.05) is 38.8 Å². The predicted octanol–water partition coefficient (Wildman–Crippen LogP) is 1.54. The van der Waals surface area contributed by atoms with E-state index in [1.807, 2.05) is 52.5 Å². The van der Waals surface area contributed by atoms with Crippen LogP contribution in [0.3, 0.4) is 0 Å². The fraction of sp³-hybridized carbons (Fsp3) is 0.737. The second-order valence-corrected chi connectivity index (χ2v) is 15.9. The minimum absolute atomic E-state index is 0. The minimum atomic E-state index is -4.74. The number of hydrogen-bond acceptors (Lipinski definition) is 8. The summed E-state index contributed by atoms with van der Waals surface area (Å²) < 4.78 is 22.9. The third kappa shape index (κ3) is 34.6. The summed E-state index contributed by atoms with van der Waals surface area (Å²) in [6, 6.07) is 0. The number of allylic oxidation sites excluding steroid dienone is 6. The molecule has 0 fully saturated rings. The van der Waals surface area contributed by atoms with Gasteiger partial charge in [-0.1, -0.05) is 88.1 Å². The van der Waals surface area contributed by atoms with E-state index in [4.69, 9.17) is 9.05 Å². The van der Waals surface area contributed by atoms with E-state index < -0.39 is 33.2 Å². The van der Waals surface area contributed by atoms with Crippen molar-refractivity contribution >= 4 is 19.6 Å². The molecule has 0 aliphatic heterocycles. The van der Waals surface area contributed by atoms with Gasteiger partial charge >= 0.3 is 29.6 Å². The van der Waals surface area contributed by atoms with Crippen LogP contribution in [-0.4, -0.2) is 124 Å². The first-order chi connectivity index (χ1) is 24.1. The second kappa shape index (κ2) is 32.1. The second-order valence-electron chi connectivity index (χ2n) is 14.5. The zero-order valence-electron chi connectivity index (χ0n) is 33.6. The molecular formula is C38H72N4NaO8P+2. The Morgan fingerprint density at radius 1 is 0.673 bits per heavy atom. The largest absolute Gasteiger partial charge is 1.00 e. The molecule has 0 bridgehead atoms. The van der Waals surface area contributed by atoms with E-state index in [0.29, 0.717) is 60.8 Å². The predicted molar refractivity (Wildman–Crippen MR) is 205 cm³/mol. The summed E-state index contributed by atoms with van der Waals surface area (Å²) in [5.74, 6) is -0.0832. The van der Waals surface area contributed by atoms with E-state index in [2.05, 4.69) is 48.8 Å². The van der Waals surface area contributed by atoms with Gasteiger partial charge < -0.3 is 43.8 Å². The van der Waals surface area contributed by atoms with Crippen molar-refractivity contribution in [1.82, 2.24) is 10.6 Å². The fourth-order valence-corrected chi connectivity index (χ4v) is 6.02. The van der Waals surface area contributed by atoms with Crippen LogP contribution >= 0.6 is 7.82 Å². The van der Waals surface area contributed by atoms with Crippen LogP contribution in [0.15, 0.2) is 48.6 Å². The van der Waals surface area contributed by atoms with Crippen LogP contribution in [0.2, 0.25) is 0 Å². The van der Waals surface area contributed by atoms with Crippen LogP contribution in [0.25, 0.3) is 0 Å². The topological polar surface area (TPSA) is 157 Å². The van der Waals surface area contributed by atoms with E-state index in [9.17, 15) is 29.3 Å². The molecule has 0 saturated heterocycles. The number of phosphoric acid groups is 1. The molecule has 2 unspecified atom stereocenters. The summed E-state index contributed by atoms with van der Waals surface area (Å²) in [6.07, 6.45) is 24.8. The molecule has 296 valence electrons. The van der Waals surface area contributed by atoms with E-state index >= 15 is 0 Å². The average Bonchev–Trinajstić information content (AvgIpc) is 3.05. The number of phosphoric ester groups is 1. The van der Waals surface area contributed by atoms with E-state index in [0.717, 1.165) is 25.7 Å². The van der Waals surface area contributed by atoms with Gasteiger partial charge in [0.05, 0.1) is 54.5 Å².